The predicted molar refractivity (Wildman–Crippen MR) is 164 cm³/mol. The predicted octanol–water partition coefficient (Wildman–Crippen LogP) is 5.85. The molecule has 1 N–H and O–H groups in total. The molecule has 0 saturated carbocycles. The molecule has 3 aromatic carbocycles. The highest BCUT2D eigenvalue weighted by atomic mass is 79.9. The molecule has 0 aliphatic heterocycles. The Morgan fingerprint density at radius 3 is 2.33 bits per heavy atom. The molecule has 0 radical (unpaired) electrons. The van der Waals surface area contributed by atoms with Gasteiger partial charge >= 0.3 is 0 Å². The van der Waals surface area contributed by atoms with Gasteiger partial charge in [-0.2, -0.15) is 0 Å². The third-order valence-electron chi connectivity index (χ3n) is 6.77. The van der Waals surface area contributed by atoms with E-state index in [-0.39, 0.29) is 17.3 Å². The summed E-state index contributed by atoms with van der Waals surface area (Å²) in [5, 5.41) is 2.91. The van der Waals surface area contributed by atoms with Gasteiger partial charge in [0.05, 0.1) is 10.6 Å². The number of amides is 2. The maximum absolute atomic E-state index is 14.1. The Balaban J connectivity index is 2.04. The number of hydrogen-bond acceptors (Lipinski definition) is 4. The van der Waals surface area contributed by atoms with E-state index in [1.807, 2.05) is 57.2 Å². The zero-order valence-electron chi connectivity index (χ0n) is 23.6. The van der Waals surface area contributed by atoms with Crippen molar-refractivity contribution in [2.45, 2.75) is 64.4 Å². The number of sulfonamides is 1. The average molecular weight is 629 g/mol. The summed E-state index contributed by atoms with van der Waals surface area (Å²) in [5.41, 5.74) is 2.99. The second-order valence-electron chi connectivity index (χ2n) is 9.78. The lowest BCUT2D eigenvalue weighted by atomic mass is 10.1. The Labute approximate surface area is 246 Å². The van der Waals surface area contributed by atoms with Crippen molar-refractivity contribution in [3.63, 3.8) is 0 Å². The highest BCUT2D eigenvalue weighted by Crippen LogP contribution is 2.28. The van der Waals surface area contributed by atoms with Crippen LogP contribution in [0.4, 0.5) is 5.69 Å². The summed E-state index contributed by atoms with van der Waals surface area (Å²) in [6.07, 6.45) is 2.34. The van der Waals surface area contributed by atoms with Gasteiger partial charge in [-0.3, -0.25) is 13.9 Å². The topological polar surface area (TPSA) is 86.8 Å². The number of halogens is 1. The highest BCUT2D eigenvalue weighted by Gasteiger charge is 2.33. The number of benzene rings is 3. The van der Waals surface area contributed by atoms with Gasteiger partial charge in [0, 0.05) is 17.6 Å². The molecule has 0 heterocycles. The molecule has 0 aliphatic rings. The summed E-state index contributed by atoms with van der Waals surface area (Å²) in [6.45, 7) is 7.75. The van der Waals surface area contributed by atoms with Gasteiger partial charge in [0.1, 0.15) is 12.6 Å². The smallest absolute Gasteiger partial charge is 0.264 e. The van der Waals surface area contributed by atoms with Crippen molar-refractivity contribution in [3.05, 3.63) is 94.0 Å². The highest BCUT2D eigenvalue weighted by molar-refractivity contribution is 9.10. The Hall–Kier alpha value is -3.17. The molecule has 7 nitrogen and oxygen atoms in total. The molecule has 214 valence electrons. The molecule has 0 saturated heterocycles. The van der Waals surface area contributed by atoms with E-state index in [2.05, 4.69) is 21.2 Å². The van der Waals surface area contributed by atoms with Crippen LogP contribution < -0.4 is 9.62 Å². The summed E-state index contributed by atoms with van der Waals surface area (Å²) in [4.78, 5) is 28.7. The SMILES string of the molecule is CCCCNC(=O)C(C)N(Cc1cccc(Br)c1)C(=O)CN(c1ccccc1CC)S(=O)(=O)c1ccc(C)cc1. The lowest BCUT2D eigenvalue weighted by molar-refractivity contribution is -0.139. The maximum atomic E-state index is 14.1. The monoisotopic (exact) mass is 627 g/mol. The Kier molecular flexibility index (Phi) is 11.3. The molecule has 3 rings (SSSR count). The number of nitrogens with zero attached hydrogens (tertiary/aromatic N) is 2. The van der Waals surface area contributed by atoms with E-state index in [0.29, 0.717) is 18.7 Å². The van der Waals surface area contributed by atoms with Crippen LogP contribution in [-0.4, -0.2) is 44.3 Å². The molecule has 0 aromatic heterocycles. The molecule has 0 bridgehead atoms. The van der Waals surface area contributed by atoms with Crippen molar-refractivity contribution < 1.29 is 18.0 Å². The van der Waals surface area contributed by atoms with Gasteiger partial charge in [-0.05, 0) is 68.1 Å². The van der Waals surface area contributed by atoms with Gasteiger partial charge in [-0.1, -0.05) is 84.2 Å². The number of hydrogen-bond donors (Lipinski definition) is 1. The van der Waals surface area contributed by atoms with Crippen molar-refractivity contribution >= 4 is 43.5 Å². The molecule has 40 heavy (non-hydrogen) atoms. The Morgan fingerprint density at radius 2 is 1.68 bits per heavy atom. The van der Waals surface area contributed by atoms with Gasteiger partial charge in [0.2, 0.25) is 11.8 Å². The first-order chi connectivity index (χ1) is 19.1. The van der Waals surface area contributed by atoms with Gasteiger partial charge < -0.3 is 10.2 Å². The van der Waals surface area contributed by atoms with Crippen LogP contribution in [0.2, 0.25) is 0 Å². The van der Waals surface area contributed by atoms with Crippen LogP contribution in [0.5, 0.6) is 0 Å². The summed E-state index contributed by atoms with van der Waals surface area (Å²) in [5.74, 6) is -0.751. The van der Waals surface area contributed by atoms with Crippen LogP contribution in [0.1, 0.15) is 50.3 Å². The third-order valence-corrected chi connectivity index (χ3v) is 9.04. The maximum Gasteiger partial charge on any atom is 0.264 e. The first kappa shape index (κ1) is 31.4. The van der Waals surface area contributed by atoms with Crippen molar-refractivity contribution in [1.82, 2.24) is 10.2 Å². The molecular weight excluding hydrogens is 590 g/mol. The lowest BCUT2D eigenvalue weighted by Crippen LogP contribution is -2.51. The van der Waals surface area contributed by atoms with Crippen LogP contribution in [0.15, 0.2) is 82.2 Å². The largest absolute Gasteiger partial charge is 0.354 e. The fourth-order valence-corrected chi connectivity index (χ4v) is 6.25. The number of unbranched alkanes of at least 4 members (excludes halogenated alkanes) is 1. The van der Waals surface area contributed by atoms with Crippen LogP contribution in [0.3, 0.4) is 0 Å². The molecular formula is C31H38BrN3O4S. The van der Waals surface area contributed by atoms with E-state index in [1.165, 1.54) is 9.21 Å². The minimum atomic E-state index is -4.10. The lowest BCUT2D eigenvalue weighted by Gasteiger charge is -2.32. The number of aryl methyl sites for hydroxylation is 2. The first-order valence-electron chi connectivity index (χ1n) is 13.6. The summed E-state index contributed by atoms with van der Waals surface area (Å²) >= 11 is 3.47. The van der Waals surface area contributed by atoms with Crippen LogP contribution in [-0.2, 0) is 32.6 Å². The molecule has 2 amide bonds. The first-order valence-corrected chi connectivity index (χ1v) is 15.8. The Bertz CT molecular complexity index is 1410. The minimum Gasteiger partial charge on any atom is -0.354 e. The third kappa shape index (κ3) is 7.95. The number of rotatable bonds is 13. The van der Waals surface area contributed by atoms with E-state index >= 15 is 0 Å². The Morgan fingerprint density at radius 1 is 0.975 bits per heavy atom. The van der Waals surface area contributed by atoms with E-state index in [1.54, 1.807) is 43.3 Å². The number of carbonyl (C=O) groups excluding carboxylic acids is 2. The second kappa shape index (κ2) is 14.5. The summed E-state index contributed by atoms with van der Waals surface area (Å²) < 4.78 is 30.1. The number of carbonyl (C=O) groups is 2. The average Bonchev–Trinajstić information content (AvgIpc) is 2.94. The minimum absolute atomic E-state index is 0.0979. The van der Waals surface area contributed by atoms with Gasteiger partial charge in [0.15, 0.2) is 0 Å². The summed E-state index contributed by atoms with van der Waals surface area (Å²) in [7, 11) is -4.10. The van der Waals surface area contributed by atoms with Gasteiger partial charge in [-0.25, -0.2) is 8.42 Å². The summed E-state index contributed by atoms with van der Waals surface area (Å²) in [6, 6.07) is 20.5. The molecule has 3 aromatic rings. The van der Waals surface area contributed by atoms with Crippen LogP contribution in [0.25, 0.3) is 0 Å². The second-order valence-corrected chi connectivity index (χ2v) is 12.6. The number of anilines is 1. The molecule has 1 atom stereocenters. The van der Waals surface area contributed by atoms with Crippen molar-refractivity contribution in [3.8, 4) is 0 Å². The van der Waals surface area contributed by atoms with Crippen molar-refractivity contribution in [2.75, 3.05) is 17.4 Å². The molecule has 1 unspecified atom stereocenters. The van der Waals surface area contributed by atoms with Crippen LogP contribution in [0, 0.1) is 6.92 Å². The van der Waals surface area contributed by atoms with Crippen molar-refractivity contribution in [2.24, 2.45) is 0 Å². The van der Waals surface area contributed by atoms with Crippen molar-refractivity contribution in [1.29, 1.82) is 0 Å². The number of nitrogens with one attached hydrogen (secondary N) is 1. The fraction of sp³-hybridized carbons (Fsp3) is 0.355. The molecule has 0 fully saturated rings. The number of para-hydroxylation sites is 1. The van der Waals surface area contributed by atoms with E-state index in [4.69, 9.17) is 0 Å². The molecule has 0 spiro atoms. The van der Waals surface area contributed by atoms with Gasteiger partial charge in [0.25, 0.3) is 10.0 Å². The van der Waals surface area contributed by atoms with Gasteiger partial charge in [-0.15, -0.1) is 0 Å². The quantitative estimate of drug-likeness (QED) is 0.241. The standard InChI is InChI=1S/C31H38BrN3O4S/c1-5-7-19-33-31(37)24(4)34(21-25-11-10-13-27(32)20-25)30(36)22-35(29-14-9-8-12-26(29)6-2)40(38,39)28-17-15-23(3)16-18-28/h8-18,20,24H,5-7,19,21-22H2,1-4H3,(H,33,37). The van der Waals surface area contributed by atoms with E-state index in [9.17, 15) is 18.0 Å². The van der Waals surface area contributed by atoms with E-state index < -0.39 is 28.5 Å². The zero-order chi connectivity index (χ0) is 29.3. The molecule has 0 aliphatic carbocycles. The molecule has 9 heteroatoms. The van der Waals surface area contributed by atoms with Crippen LogP contribution >= 0.6 is 15.9 Å². The fourth-order valence-electron chi connectivity index (χ4n) is 4.35. The van der Waals surface area contributed by atoms with E-state index in [0.717, 1.165) is 34.0 Å². The zero-order valence-corrected chi connectivity index (χ0v) is 26.0. The normalized spacial score (nSPS) is 12.0.